The summed E-state index contributed by atoms with van der Waals surface area (Å²) in [6, 6.07) is 9.98. The quantitative estimate of drug-likeness (QED) is 0.547. The van der Waals surface area contributed by atoms with Crippen LogP contribution in [0.1, 0.15) is 34.1 Å². The van der Waals surface area contributed by atoms with Crippen molar-refractivity contribution in [3.8, 4) is 23.1 Å². The van der Waals surface area contributed by atoms with Gasteiger partial charge in [0, 0.05) is 12.5 Å². The van der Waals surface area contributed by atoms with Crippen molar-refractivity contribution in [2.75, 3.05) is 6.61 Å². The number of phenols is 1. The van der Waals surface area contributed by atoms with Crippen molar-refractivity contribution in [2.24, 2.45) is 0 Å². The lowest BCUT2D eigenvalue weighted by Gasteiger charge is -2.34. The molecule has 3 N–H and O–H groups in total. The van der Waals surface area contributed by atoms with Crippen LogP contribution in [0.5, 0.6) is 23.1 Å². The lowest BCUT2D eigenvalue weighted by atomic mass is 9.92. The van der Waals surface area contributed by atoms with Gasteiger partial charge in [-0.05, 0) is 30.7 Å². The predicted molar refractivity (Wildman–Crippen MR) is 112 cm³/mol. The van der Waals surface area contributed by atoms with Gasteiger partial charge in [-0.25, -0.2) is 0 Å². The van der Waals surface area contributed by atoms with E-state index in [2.05, 4.69) is 4.98 Å². The fraction of sp³-hybridized carbons (Fsp3) is 0.238. The molecule has 156 valence electrons. The number of Topliss-reactive ketones (excluding diaryl/α,β-unsaturated/α-hetero) is 1. The molecule has 1 aromatic heterocycles. The van der Waals surface area contributed by atoms with E-state index in [1.54, 1.807) is 19.1 Å². The molecule has 4 rings (SSSR count). The maximum Gasteiger partial charge on any atom is 0.307 e. The van der Waals surface area contributed by atoms with Crippen molar-refractivity contribution in [3.05, 3.63) is 67.1 Å². The average molecular weight is 448 g/mol. The first-order valence-corrected chi connectivity index (χ1v) is 10.3. The fourth-order valence-corrected chi connectivity index (χ4v) is 4.17. The Balaban J connectivity index is 1.43. The molecular formula is C21H18ClNO6S. The van der Waals surface area contributed by atoms with Crippen molar-refractivity contribution >= 4 is 28.7 Å². The maximum absolute atomic E-state index is 12.5. The van der Waals surface area contributed by atoms with Crippen molar-refractivity contribution in [3.63, 3.8) is 0 Å². The Labute approximate surface area is 180 Å². The first kappa shape index (κ1) is 20.3. The number of H-pyrrole nitrogens is 1. The summed E-state index contributed by atoms with van der Waals surface area (Å²) < 4.78 is 11.8. The minimum absolute atomic E-state index is 0.102. The summed E-state index contributed by atoms with van der Waals surface area (Å²) in [4.78, 5) is 26.4. The molecule has 0 spiro atoms. The Kier molecular flexibility index (Phi) is 5.21. The number of fused-ring (bicyclic) bond motifs is 1. The van der Waals surface area contributed by atoms with Crippen LogP contribution >= 0.6 is 22.9 Å². The van der Waals surface area contributed by atoms with Crippen molar-refractivity contribution < 1.29 is 24.5 Å². The molecule has 0 bridgehead atoms. The first-order valence-electron chi connectivity index (χ1n) is 9.10. The van der Waals surface area contributed by atoms with E-state index in [-0.39, 0.29) is 40.3 Å². The number of hydrogen-bond donors (Lipinski definition) is 3. The highest BCUT2D eigenvalue weighted by atomic mass is 35.5. The number of aromatic nitrogens is 1. The topological polar surface area (TPSA) is 109 Å². The highest BCUT2D eigenvalue weighted by Crippen LogP contribution is 2.39. The van der Waals surface area contributed by atoms with Gasteiger partial charge in [-0.15, -0.1) is 0 Å². The van der Waals surface area contributed by atoms with Crippen LogP contribution in [0.25, 0.3) is 0 Å². The van der Waals surface area contributed by atoms with Crippen LogP contribution < -0.4 is 14.3 Å². The normalized spacial score (nSPS) is 18.0. The number of benzene rings is 2. The van der Waals surface area contributed by atoms with E-state index in [9.17, 15) is 19.8 Å². The van der Waals surface area contributed by atoms with Gasteiger partial charge >= 0.3 is 4.87 Å². The van der Waals surface area contributed by atoms with Crippen LogP contribution in [0.3, 0.4) is 0 Å². The van der Waals surface area contributed by atoms with Crippen molar-refractivity contribution in [1.82, 2.24) is 4.98 Å². The molecule has 0 saturated heterocycles. The summed E-state index contributed by atoms with van der Waals surface area (Å²) in [6.45, 7) is 1.91. The molecule has 3 aromatic rings. The zero-order valence-corrected chi connectivity index (χ0v) is 17.5. The SMILES string of the molecule is CC1(COc2ccc(Cc3sc(=O)[nH]c3O)cc2)CC(=O)c2cc(O)c(Cl)cc2O1. The van der Waals surface area contributed by atoms with E-state index < -0.39 is 5.60 Å². The van der Waals surface area contributed by atoms with Gasteiger partial charge in [0.15, 0.2) is 5.78 Å². The number of aromatic amines is 1. The zero-order valence-electron chi connectivity index (χ0n) is 15.9. The van der Waals surface area contributed by atoms with Gasteiger partial charge in [-0.3, -0.25) is 14.6 Å². The lowest BCUT2D eigenvalue weighted by molar-refractivity contribution is 0.0189. The molecule has 0 saturated carbocycles. The molecule has 0 fully saturated rings. The van der Waals surface area contributed by atoms with Crippen LogP contribution in [-0.4, -0.2) is 33.2 Å². The summed E-state index contributed by atoms with van der Waals surface area (Å²) in [6.07, 6.45) is 0.528. The minimum Gasteiger partial charge on any atom is -0.506 e. The molecule has 1 atom stereocenters. The second kappa shape index (κ2) is 7.70. The van der Waals surface area contributed by atoms with Gasteiger partial charge in [-0.1, -0.05) is 35.1 Å². The number of aromatic hydroxyl groups is 2. The maximum atomic E-state index is 12.5. The third-order valence-corrected chi connectivity index (χ3v) is 5.95. The first-order chi connectivity index (χ1) is 14.2. The second-order valence-electron chi connectivity index (χ2n) is 7.35. The number of thiazole rings is 1. The molecule has 1 aliphatic heterocycles. The van der Waals surface area contributed by atoms with Crippen LogP contribution in [-0.2, 0) is 6.42 Å². The van der Waals surface area contributed by atoms with E-state index in [4.69, 9.17) is 21.1 Å². The standard InChI is InChI=1S/C21H18ClNO6S/c1-21(9-16(25)13-7-15(24)14(22)8-17(13)29-21)10-28-12-4-2-11(3-5-12)6-18-19(26)23-20(27)30-18/h2-5,7-8,24,26H,6,9-10H2,1H3,(H,23,27). The molecule has 1 aliphatic rings. The van der Waals surface area contributed by atoms with Gasteiger partial charge in [0.25, 0.3) is 0 Å². The molecule has 1 unspecified atom stereocenters. The third kappa shape index (κ3) is 4.15. The number of halogens is 1. The number of nitrogens with one attached hydrogen (secondary N) is 1. The van der Waals surface area contributed by atoms with Crippen LogP contribution in [0.2, 0.25) is 5.02 Å². The number of ketones is 1. The number of ether oxygens (including phenoxy) is 2. The number of rotatable bonds is 5. The smallest absolute Gasteiger partial charge is 0.307 e. The zero-order chi connectivity index (χ0) is 21.5. The Hall–Kier alpha value is -2.97. The Bertz CT molecular complexity index is 1170. The Morgan fingerprint density at radius 1 is 1.23 bits per heavy atom. The number of phenolic OH excluding ortho intramolecular Hbond substituents is 1. The molecule has 30 heavy (non-hydrogen) atoms. The van der Waals surface area contributed by atoms with E-state index in [1.807, 2.05) is 12.1 Å². The lowest BCUT2D eigenvalue weighted by Crippen LogP contribution is -2.44. The minimum atomic E-state index is -0.883. The highest BCUT2D eigenvalue weighted by molar-refractivity contribution is 7.09. The molecule has 0 amide bonds. The number of carbonyl (C=O) groups excluding carboxylic acids is 1. The fourth-order valence-electron chi connectivity index (χ4n) is 3.26. The average Bonchev–Trinajstić information content (AvgIpc) is 3.00. The molecule has 7 nitrogen and oxygen atoms in total. The Morgan fingerprint density at radius 2 is 1.97 bits per heavy atom. The summed E-state index contributed by atoms with van der Waals surface area (Å²) in [5.41, 5.74) is 0.326. The summed E-state index contributed by atoms with van der Waals surface area (Å²) in [5.74, 6) is 0.492. The monoisotopic (exact) mass is 447 g/mol. The highest BCUT2D eigenvalue weighted by Gasteiger charge is 2.38. The number of carbonyl (C=O) groups is 1. The van der Waals surface area contributed by atoms with Gasteiger partial charge in [0.2, 0.25) is 5.88 Å². The van der Waals surface area contributed by atoms with Crippen LogP contribution in [0.4, 0.5) is 0 Å². The number of hydrogen-bond acceptors (Lipinski definition) is 7. The summed E-state index contributed by atoms with van der Waals surface area (Å²) >= 11 is 6.91. The van der Waals surface area contributed by atoms with Gasteiger partial charge < -0.3 is 19.7 Å². The van der Waals surface area contributed by atoms with Gasteiger partial charge in [-0.2, -0.15) is 0 Å². The van der Waals surface area contributed by atoms with Crippen molar-refractivity contribution in [1.29, 1.82) is 0 Å². The van der Waals surface area contributed by atoms with E-state index in [1.165, 1.54) is 12.1 Å². The van der Waals surface area contributed by atoms with E-state index >= 15 is 0 Å². The molecule has 9 heteroatoms. The van der Waals surface area contributed by atoms with E-state index in [0.29, 0.717) is 28.4 Å². The van der Waals surface area contributed by atoms with Crippen molar-refractivity contribution in [2.45, 2.75) is 25.4 Å². The Morgan fingerprint density at radius 3 is 2.63 bits per heavy atom. The largest absolute Gasteiger partial charge is 0.506 e. The second-order valence-corrected chi connectivity index (χ2v) is 8.82. The van der Waals surface area contributed by atoms with E-state index in [0.717, 1.165) is 16.9 Å². The molecule has 2 aromatic carbocycles. The molecule has 0 aliphatic carbocycles. The predicted octanol–water partition coefficient (Wildman–Crippen LogP) is 3.89. The van der Waals surface area contributed by atoms with Crippen LogP contribution in [0, 0.1) is 0 Å². The molecule has 0 radical (unpaired) electrons. The van der Waals surface area contributed by atoms with Gasteiger partial charge in [0.05, 0.1) is 21.9 Å². The van der Waals surface area contributed by atoms with Crippen LogP contribution in [0.15, 0.2) is 41.2 Å². The van der Waals surface area contributed by atoms with Gasteiger partial charge in [0.1, 0.15) is 29.5 Å². The third-order valence-electron chi connectivity index (χ3n) is 4.77. The molecule has 2 heterocycles. The summed E-state index contributed by atoms with van der Waals surface area (Å²) in [5, 5.41) is 19.5. The molecular weight excluding hydrogens is 430 g/mol. The summed E-state index contributed by atoms with van der Waals surface area (Å²) in [7, 11) is 0.